The van der Waals surface area contributed by atoms with Crippen molar-refractivity contribution in [3.63, 3.8) is 0 Å². The van der Waals surface area contributed by atoms with Gasteiger partial charge in [0, 0.05) is 0 Å². The Morgan fingerprint density at radius 1 is 0.889 bits per heavy atom. The van der Waals surface area contributed by atoms with Crippen molar-refractivity contribution in [3.8, 4) is 0 Å². The van der Waals surface area contributed by atoms with Crippen molar-refractivity contribution in [2.24, 2.45) is 0 Å². The maximum Gasteiger partial charge on any atom is 2.00 e. The van der Waals surface area contributed by atoms with Gasteiger partial charge in [-0.15, -0.1) is 0 Å². The van der Waals surface area contributed by atoms with Crippen LogP contribution in [0.15, 0.2) is 0 Å². The molecule has 1 rings (SSSR count). The number of hydrogen-bond donors (Lipinski definition) is 4. The predicted molar refractivity (Wildman–Crippen MR) is 63.6 cm³/mol. The molecule has 0 aromatic carbocycles. The van der Waals surface area contributed by atoms with E-state index in [0.29, 0.717) is 0 Å². The summed E-state index contributed by atoms with van der Waals surface area (Å²) in [6.07, 6.45) is 4.25. The van der Waals surface area contributed by atoms with Crippen molar-refractivity contribution >= 4 is 15.2 Å². The molecule has 0 amide bonds. The summed E-state index contributed by atoms with van der Waals surface area (Å²) < 4.78 is 19.7. The van der Waals surface area contributed by atoms with Crippen LogP contribution in [-0.4, -0.2) is 37.6 Å². The van der Waals surface area contributed by atoms with E-state index in [-0.39, 0.29) is 33.1 Å². The minimum Gasteiger partial charge on any atom is -0.676 e. The minimum atomic E-state index is -4.55. The van der Waals surface area contributed by atoms with E-state index in [4.69, 9.17) is 31.0 Å². The van der Waals surface area contributed by atoms with Crippen LogP contribution in [0.1, 0.15) is 25.7 Å². The average Bonchev–Trinajstić information content (AvgIpc) is 2.04. The molecule has 0 radical (unpaired) electrons. The summed E-state index contributed by atoms with van der Waals surface area (Å²) in [4.78, 5) is 31.9. The van der Waals surface area contributed by atoms with Gasteiger partial charge in [-0.05, 0) is 0 Å². The van der Waals surface area contributed by atoms with E-state index in [1.54, 1.807) is 0 Å². The van der Waals surface area contributed by atoms with Gasteiger partial charge >= 0.3 is 36.3 Å². The van der Waals surface area contributed by atoms with Gasteiger partial charge in [-0.3, -0.25) is 9.13 Å². The summed E-state index contributed by atoms with van der Waals surface area (Å²) in [5.74, 6) is -1.38. The topological polar surface area (TPSA) is 163 Å². The van der Waals surface area contributed by atoms with Crippen LogP contribution < -0.4 is 0 Å². The van der Waals surface area contributed by atoms with E-state index in [1.807, 2.05) is 0 Å². The molecule has 0 aliphatic heterocycles. The fraction of sp³-hybridized carbons (Fsp3) is 1.00. The van der Waals surface area contributed by atoms with Crippen LogP contribution in [0.2, 0.25) is 0 Å². The molecule has 112 valence electrons. The maximum absolute atomic E-state index is 9.85. The van der Waals surface area contributed by atoms with Crippen LogP contribution in [0.4, 0.5) is 0 Å². The second kappa shape index (κ2) is 8.96. The standard InChI is InChI=1S/C6H12N2.CH6O6P2.Pt/c7-5-3-1-2-4-6(5)8;2-8(3,4)1-9(5,6)7;/h5-8H,1-4H2;1H2,(H2,2,3,4)(H2,5,6,7);/q-2;;+2/t5-,6-;;/m1../s1. The van der Waals surface area contributed by atoms with Crippen molar-refractivity contribution in [1.82, 2.24) is 0 Å². The molecule has 0 unspecified atom stereocenters. The second-order valence-corrected chi connectivity index (χ2v) is 7.76. The molecule has 2 atom stereocenters. The van der Waals surface area contributed by atoms with E-state index in [1.165, 1.54) is 12.8 Å². The van der Waals surface area contributed by atoms with Gasteiger partial charge in [0.1, 0.15) is 0 Å². The van der Waals surface area contributed by atoms with Crippen LogP contribution in [0.5, 0.6) is 0 Å². The van der Waals surface area contributed by atoms with E-state index >= 15 is 0 Å². The molecule has 1 aliphatic carbocycles. The van der Waals surface area contributed by atoms with Gasteiger partial charge in [-0.1, -0.05) is 25.7 Å². The molecule has 0 heterocycles. The Bertz CT molecular complexity index is 289. The van der Waals surface area contributed by atoms with Gasteiger partial charge in [0.05, 0.1) is 0 Å². The molecule has 1 aliphatic rings. The first-order valence-corrected chi connectivity index (χ1v) is 8.62. The molecule has 1 saturated carbocycles. The van der Waals surface area contributed by atoms with E-state index < -0.39 is 21.1 Å². The first kappa shape index (κ1) is 21.2. The molecule has 6 N–H and O–H groups in total. The molecule has 11 heteroatoms. The van der Waals surface area contributed by atoms with Crippen molar-refractivity contribution < 1.29 is 49.8 Å². The largest absolute Gasteiger partial charge is 2.00 e. The van der Waals surface area contributed by atoms with Crippen molar-refractivity contribution in [2.45, 2.75) is 37.8 Å². The molecule has 0 aromatic rings. The van der Waals surface area contributed by atoms with E-state index in [0.717, 1.165) is 12.8 Å². The van der Waals surface area contributed by atoms with Gasteiger partial charge in [-0.25, -0.2) is 0 Å². The first-order chi connectivity index (χ1) is 7.51. The zero-order chi connectivity index (χ0) is 13.7. The van der Waals surface area contributed by atoms with Crippen molar-refractivity contribution in [2.75, 3.05) is 5.90 Å². The van der Waals surface area contributed by atoms with Crippen LogP contribution in [0.3, 0.4) is 0 Å². The van der Waals surface area contributed by atoms with Gasteiger partial charge in [0.2, 0.25) is 0 Å². The van der Waals surface area contributed by atoms with Gasteiger partial charge < -0.3 is 31.0 Å². The number of hydrogen-bond acceptors (Lipinski definition) is 2. The van der Waals surface area contributed by atoms with Crippen LogP contribution in [-0.2, 0) is 30.2 Å². The molecule has 1 fully saturated rings. The summed E-state index contributed by atoms with van der Waals surface area (Å²) in [5, 5.41) is 0. The van der Waals surface area contributed by atoms with Crippen LogP contribution >= 0.6 is 15.2 Å². The second-order valence-electron chi connectivity index (χ2n) is 3.97. The first-order valence-electron chi connectivity index (χ1n) is 5.02. The minimum absolute atomic E-state index is 0. The fourth-order valence-corrected chi connectivity index (χ4v) is 3.29. The van der Waals surface area contributed by atoms with Crippen LogP contribution in [0.25, 0.3) is 11.5 Å². The summed E-state index contributed by atoms with van der Waals surface area (Å²) in [5.41, 5.74) is 14.6. The summed E-state index contributed by atoms with van der Waals surface area (Å²) in [7, 11) is -9.10. The molecule has 0 aromatic heterocycles. The maximum atomic E-state index is 9.85. The number of nitrogens with one attached hydrogen (secondary N) is 2. The van der Waals surface area contributed by atoms with Crippen molar-refractivity contribution in [1.29, 1.82) is 0 Å². The Labute approximate surface area is 120 Å². The Kier molecular flexibility index (Phi) is 10.6. The Hall–Kier alpha value is 0.908. The molecule has 0 spiro atoms. The SMILES string of the molecule is O=P(O)(O)CP(=O)(O)O.[NH-][C@@H]1CCCC[C@H]1[NH-].[Pt+2]. The molecule has 18 heavy (non-hydrogen) atoms. The molecule has 8 nitrogen and oxygen atoms in total. The summed E-state index contributed by atoms with van der Waals surface area (Å²) in [6.45, 7) is 0. The Balaban J connectivity index is 0. The number of rotatable bonds is 2. The third kappa shape index (κ3) is 13.3. The van der Waals surface area contributed by atoms with Crippen molar-refractivity contribution in [3.05, 3.63) is 11.5 Å². The molecular weight excluding hydrogens is 465 g/mol. The zero-order valence-electron chi connectivity index (χ0n) is 9.51. The van der Waals surface area contributed by atoms with Gasteiger partial charge in [-0.2, -0.15) is 12.1 Å². The summed E-state index contributed by atoms with van der Waals surface area (Å²) in [6, 6.07) is -0.160. The quantitative estimate of drug-likeness (QED) is 0.437. The van der Waals surface area contributed by atoms with E-state index in [9.17, 15) is 9.13 Å². The molecule has 0 saturated heterocycles. The fourth-order valence-electron chi connectivity index (χ4n) is 1.37. The molecular formula is C7H18N2O6P2Pt. The Morgan fingerprint density at radius 2 is 1.17 bits per heavy atom. The smallest absolute Gasteiger partial charge is 0.676 e. The van der Waals surface area contributed by atoms with E-state index in [2.05, 4.69) is 0 Å². The zero-order valence-corrected chi connectivity index (χ0v) is 13.6. The Morgan fingerprint density at radius 3 is 1.28 bits per heavy atom. The van der Waals surface area contributed by atoms with Gasteiger partial charge in [0.25, 0.3) is 0 Å². The normalized spacial score (nSPS) is 24.6. The third-order valence-electron chi connectivity index (χ3n) is 2.13. The monoisotopic (exact) mass is 483 g/mol. The predicted octanol–water partition coefficient (Wildman–Crippen LogP) is 1.70. The third-order valence-corrected chi connectivity index (χ3v) is 5.08. The average molecular weight is 483 g/mol. The summed E-state index contributed by atoms with van der Waals surface area (Å²) >= 11 is 0. The van der Waals surface area contributed by atoms with Crippen LogP contribution in [0, 0.1) is 0 Å². The molecule has 0 bridgehead atoms. The van der Waals surface area contributed by atoms with Gasteiger partial charge in [0.15, 0.2) is 5.90 Å².